The molecule has 94 valence electrons. The Balaban J connectivity index is 2.06. The topological polar surface area (TPSA) is 31.4 Å². The van der Waals surface area contributed by atoms with E-state index in [1.54, 1.807) is 7.11 Å². The molecule has 0 aliphatic heterocycles. The molecule has 0 radical (unpaired) electrons. The summed E-state index contributed by atoms with van der Waals surface area (Å²) in [5.74, 6) is 1.41. The van der Waals surface area contributed by atoms with Gasteiger partial charge in [-0.1, -0.05) is 12.1 Å². The van der Waals surface area contributed by atoms with E-state index in [0.717, 1.165) is 15.9 Å². The molecule has 0 saturated heterocycles. The van der Waals surface area contributed by atoms with E-state index in [9.17, 15) is 0 Å². The van der Waals surface area contributed by atoms with Crippen molar-refractivity contribution in [2.75, 3.05) is 7.11 Å². The van der Waals surface area contributed by atoms with E-state index in [2.05, 4.69) is 20.9 Å². The number of rotatable bonds is 4. The van der Waals surface area contributed by atoms with Crippen LogP contribution >= 0.6 is 15.9 Å². The molecule has 0 aliphatic carbocycles. The summed E-state index contributed by atoms with van der Waals surface area (Å²) in [6.45, 7) is 2.46. The summed E-state index contributed by atoms with van der Waals surface area (Å²) in [6.07, 6.45) is 0. The van der Waals surface area contributed by atoms with Crippen molar-refractivity contribution in [3.8, 4) is 11.6 Å². The van der Waals surface area contributed by atoms with Crippen LogP contribution in [0.3, 0.4) is 0 Å². The van der Waals surface area contributed by atoms with Crippen LogP contribution in [0.15, 0.2) is 40.9 Å². The molecule has 1 aromatic heterocycles. The molecule has 0 amide bonds. The van der Waals surface area contributed by atoms with Crippen LogP contribution in [0.4, 0.5) is 0 Å². The van der Waals surface area contributed by atoms with E-state index in [0.29, 0.717) is 12.5 Å². The van der Waals surface area contributed by atoms with Crippen molar-refractivity contribution in [3.63, 3.8) is 0 Å². The molecule has 3 nitrogen and oxygen atoms in total. The third-order valence-electron chi connectivity index (χ3n) is 2.45. The second-order valence-corrected chi connectivity index (χ2v) is 4.75. The van der Waals surface area contributed by atoms with E-state index in [1.165, 1.54) is 5.56 Å². The summed E-state index contributed by atoms with van der Waals surface area (Å²) < 4.78 is 11.7. The number of aromatic nitrogens is 1. The third-order valence-corrected chi connectivity index (χ3v) is 3.07. The van der Waals surface area contributed by atoms with Crippen LogP contribution in [-0.2, 0) is 6.61 Å². The monoisotopic (exact) mass is 307 g/mol. The molecule has 1 heterocycles. The summed E-state index contributed by atoms with van der Waals surface area (Å²) in [4.78, 5) is 4.29. The van der Waals surface area contributed by atoms with Crippen molar-refractivity contribution >= 4 is 15.9 Å². The van der Waals surface area contributed by atoms with Gasteiger partial charge in [-0.3, -0.25) is 0 Å². The zero-order chi connectivity index (χ0) is 13.0. The maximum atomic E-state index is 5.71. The SMILES string of the molecule is COc1cccc(COc2ccc(C)cc2Br)n1. The Hall–Kier alpha value is -1.55. The van der Waals surface area contributed by atoms with E-state index in [1.807, 2.05) is 43.3 Å². The Bertz CT molecular complexity index is 543. The number of aryl methyl sites for hydroxylation is 1. The number of hydrogen-bond donors (Lipinski definition) is 0. The standard InChI is InChI=1S/C14H14BrNO2/c1-10-6-7-13(12(15)8-10)18-9-11-4-3-5-14(16-11)17-2/h3-8H,9H2,1-2H3. The van der Waals surface area contributed by atoms with Crippen molar-refractivity contribution in [3.05, 3.63) is 52.1 Å². The van der Waals surface area contributed by atoms with Crippen LogP contribution in [0.2, 0.25) is 0 Å². The third kappa shape index (κ3) is 3.23. The summed E-state index contributed by atoms with van der Waals surface area (Å²) >= 11 is 3.48. The van der Waals surface area contributed by atoms with Crippen LogP contribution < -0.4 is 9.47 Å². The molecule has 0 atom stereocenters. The van der Waals surface area contributed by atoms with Crippen LogP contribution in [0, 0.1) is 6.92 Å². The van der Waals surface area contributed by atoms with Gasteiger partial charge >= 0.3 is 0 Å². The number of nitrogens with zero attached hydrogens (tertiary/aromatic N) is 1. The molecule has 2 rings (SSSR count). The zero-order valence-corrected chi connectivity index (χ0v) is 11.9. The minimum atomic E-state index is 0.416. The highest BCUT2D eigenvalue weighted by molar-refractivity contribution is 9.10. The highest BCUT2D eigenvalue weighted by Crippen LogP contribution is 2.26. The molecule has 0 bridgehead atoms. The molecule has 0 N–H and O–H groups in total. The molecular weight excluding hydrogens is 294 g/mol. The number of halogens is 1. The van der Waals surface area contributed by atoms with E-state index < -0.39 is 0 Å². The largest absolute Gasteiger partial charge is 0.486 e. The van der Waals surface area contributed by atoms with Crippen LogP contribution in [0.1, 0.15) is 11.3 Å². The van der Waals surface area contributed by atoms with Gasteiger partial charge in [0.05, 0.1) is 17.3 Å². The Labute approximate surface area is 115 Å². The highest BCUT2D eigenvalue weighted by Gasteiger charge is 2.03. The van der Waals surface area contributed by atoms with Gasteiger partial charge < -0.3 is 9.47 Å². The Morgan fingerprint density at radius 3 is 2.78 bits per heavy atom. The molecule has 18 heavy (non-hydrogen) atoms. The quantitative estimate of drug-likeness (QED) is 0.862. The number of hydrogen-bond acceptors (Lipinski definition) is 3. The van der Waals surface area contributed by atoms with Gasteiger partial charge in [0.2, 0.25) is 5.88 Å². The summed E-state index contributed by atoms with van der Waals surface area (Å²) in [5.41, 5.74) is 2.02. The fraction of sp³-hybridized carbons (Fsp3) is 0.214. The van der Waals surface area contributed by atoms with Crippen molar-refractivity contribution in [2.45, 2.75) is 13.5 Å². The van der Waals surface area contributed by atoms with Gasteiger partial charge in [-0.2, -0.15) is 0 Å². The van der Waals surface area contributed by atoms with Gasteiger partial charge in [0.15, 0.2) is 0 Å². The maximum Gasteiger partial charge on any atom is 0.213 e. The van der Waals surface area contributed by atoms with Crippen LogP contribution in [-0.4, -0.2) is 12.1 Å². The lowest BCUT2D eigenvalue weighted by Gasteiger charge is -2.09. The van der Waals surface area contributed by atoms with Crippen molar-refractivity contribution in [1.29, 1.82) is 0 Å². The maximum absolute atomic E-state index is 5.71. The smallest absolute Gasteiger partial charge is 0.213 e. The fourth-order valence-corrected chi connectivity index (χ4v) is 2.13. The van der Waals surface area contributed by atoms with Gasteiger partial charge in [-0.25, -0.2) is 4.98 Å². The first-order chi connectivity index (χ1) is 8.69. The lowest BCUT2D eigenvalue weighted by Crippen LogP contribution is -2.00. The molecule has 0 saturated carbocycles. The first-order valence-corrected chi connectivity index (χ1v) is 6.37. The summed E-state index contributed by atoms with van der Waals surface area (Å²) in [5, 5.41) is 0. The molecule has 0 unspecified atom stereocenters. The normalized spacial score (nSPS) is 10.2. The minimum Gasteiger partial charge on any atom is -0.486 e. The van der Waals surface area contributed by atoms with Crippen molar-refractivity contribution in [1.82, 2.24) is 4.98 Å². The lowest BCUT2D eigenvalue weighted by molar-refractivity contribution is 0.296. The highest BCUT2D eigenvalue weighted by atomic mass is 79.9. The number of benzene rings is 1. The second-order valence-electron chi connectivity index (χ2n) is 3.89. The molecular formula is C14H14BrNO2. The molecule has 2 aromatic rings. The molecule has 0 fully saturated rings. The van der Waals surface area contributed by atoms with Gasteiger partial charge in [0, 0.05) is 6.07 Å². The fourth-order valence-electron chi connectivity index (χ4n) is 1.53. The van der Waals surface area contributed by atoms with E-state index >= 15 is 0 Å². The average Bonchev–Trinajstić information content (AvgIpc) is 2.38. The first kappa shape index (κ1) is 12.9. The Kier molecular flexibility index (Phi) is 4.20. The molecule has 0 aliphatic rings. The van der Waals surface area contributed by atoms with Gasteiger partial charge in [-0.05, 0) is 46.6 Å². The summed E-state index contributed by atoms with van der Waals surface area (Å²) in [6, 6.07) is 11.6. The lowest BCUT2D eigenvalue weighted by atomic mass is 10.2. The second kappa shape index (κ2) is 5.87. The predicted octanol–water partition coefficient (Wildman–Crippen LogP) is 3.74. The number of methoxy groups -OCH3 is 1. The van der Waals surface area contributed by atoms with E-state index in [4.69, 9.17) is 9.47 Å². The first-order valence-electron chi connectivity index (χ1n) is 5.58. The van der Waals surface area contributed by atoms with Gasteiger partial charge in [0.25, 0.3) is 0 Å². The molecule has 4 heteroatoms. The zero-order valence-electron chi connectivity index (χ0n) is 10.3. The van der Waals surface area contributed by atoms with Crippen molar-refractivity contribution in [2.24, 2.45) is 0 Å². The van der Waals surface area contributed by atoms with Gasteiger partial charge in [0.1, 0.15) is 12.4 Å². The number of pyridine rings is 1. The number of ether oxygens (including phenoxy) is 2. The van der Waals surface area contributed by atoms with E-state index in [-0.39, 0.29) is 0 Å². The minimum absolute atomic E-state index is 0.416. The average molecular weight is 308 g/mol. The van der Waals surface area contributed by atoms with Crippen molar-refractivity contribution < 1.29 is 9.47 Å². The molecule has 0 spiro atoms. The van der Waals surface area contributed by atoms with Gasteiger partial charge in [-0.15, -0.1) is 0 Å². The van der Waals surface area contributed by atoms with Crippen LogP contribution in [0.5, 0.6) is 11.6 Å². The Morgan fingerprint density at radius 2 is 2.06 bits per heavy atom. The predicted molar refractivity (Wildman–Crippen MR) is 74.0 cm³/mol. The molecule has 1 aromatic carbocycles. The summed E-state index contributed by atoms with van der Waals surface area (Å²) in [7, 11) is 1.60. The van der Waals surface area contributed by atoms with Crippen LogP contribution in [0.25, 0.3) is 0 Å². The Morgan fingerprint density at radius 1 is 1.22 bits per heavy atom.